The standard InChI is InChI=1S/C70H129O11P/c1-4-7-10-13-16-19-22-25-28-31-33-36-38-41-44-47-50-53-56-59-68(72)77-63-67(81-70(74)61-58-55-52-49-46-43-40-37-34-32-29-26-23-20-17-14-11-8-5-2)65-79-82(75,76)78-64-66(62-71)80-69(73)60-57-54-51-48-45-42-39-35-30-27-24-21-18-15-12-9-6-3/h8,11,17,20,26,29,34,37,66-67,71H,4-7,9-10,12-16,18-19,21-25,27-28,30-33,35-36,38-65H2,1-3H3,(H,75,76)/b11-8-,20-17-,29-26-,37-34-. The van der Waals surface area contributed by atoms with Gasteiger partial charge in [-0.15, -0.1) is 0 Å². The van der Waals surface area contributed by atoms with Crippen LogP contribution in [0.2, 0.25) is 0 Å². The minimum Gasteiger partial charge on any atom is -0.462 e. The highest BCUT2D eigenvalue weighted by atomic mass is 31.2. The lowest BCUT2D eigenvalue weighted by molar-refractivity contribution is -0.161. The Balaban J connectivity index is 4.66. The second kappa shape index (κ2) is 64.4. The topological polar surface area (TPSA) is 155 Å². The lowest BCUT2D eigenvalue weighted by Gasteiger charge is -2.21. The number of ether oxygens (including phenoxy) is 3. The van der Waals surface area contributed by atoms with E-state index in [4.69, 9.17) is 23.3 Å². The average molecular weight is 1180 g/mol. The number of aliphatic hydroxyl groups excluding tert-OH is 1. The first-order valence-electron chi connectivity index (χ1n) is 34.5. The Labute approximate surface area is 504 Å². The summed E-state index contributed by atoms with van der Waals surface area (Å²) in [7, 11) is -4.76. The Morgan fingerprint density at radius 2 is 0.634 bits per heavy atom. The van der Waals surface area contributed by atoms with Crippen molar-refractivity contribution in [3.05, 3.63) is 48.6 Å². The fourth-order valence-electron chi connectivity index (χ4n) is 10.1. The van der Waals surface area contributed by atoms with Crippen LogP contribution >= 0.6 is 7.82 Å². The minimum atomic E-state index is -4.76. The van der Waals surface area contributed by atoms with Crippen LogP contribution < -0.4 is 0 Å². The summed E-state index contributed by atoms with van der Waals surface area (Å²) in [4.78, 5) is 48.9. The van der Waals surface area contributed by atoms with Crippen molar-refractivity contribution < 1.29 is 52.2 Å². The molecule has 0 spiro atoms. The van der Waals surface area contributed by atoms with Crippen LogP contribution in [0.3, 0.4) is 0 Å². The molecule has 0 radical (unpaired) electrons. The molecule has 11 nitrogen and oxygen atoms in total. The molecule has 0 saturated heterocycles. The van der Waals surface area contributed by atoms with E-state index in [1.165, 1.54) is 180 Å². The minimum absolute atomic E-state index is 0.155. The number of hydrogen-bond acceptors (Lipinski definition) is 10. The third-order valence-corrected chi connectivity index (χ3v) is 16.2. The van der Waals surface area contributed by atoms with Crippen molar-refractivity contribution in [2.24, 2.45) is 0 Å². The van der Waals surface area contributed by atoms with Gasteiger partial charge >= 0.3 is 25.7 Å². The molecule has 0 saturated carbocycles. The van der Waals surface area contributed by atoms with E-state index in [2.05, 4.69) is 69.4 Å². The highest BCUT2D eigenvalue weighted by Gasteiger charge is 2.28. The van der Waals surface area contributed by atoms with Gasteiger partial charge in [0.15, 0.2) is 6.10 Å². The van der Waals surface area contributed by atoms with Crippen molar-refractivity contribution in [2.75, 3.05) is 26.4 Å². The number of aliphatic hydroxyl groups is 1. The average Bonchev–Trinajstić information content (AvgIpc) is 3.50. The van der Waals surface area contributed by atoms with E-state index >= 15 is 0 Å². The van der Waals surface area contributed by atoms with Crippen LogP contribution in [0.15, 0.2) is 48.6 Å². The third-order valence-electron chi connectivity index (χ3n) is 15.3. The van der Waals surface area contributed by atoms with Crippen LogP contribution in [-0.4, -0.2) is 66.5 Å². The Bertz CT molecular complexity index is 1560. The van der Waals surface area contributed by atoms with Gasteiger partial charge in [-0.2, -0.15) is 0 Å². The van der Waals surface area contributed by atoms with E-state index in [9.17, 15) is 28.9 Å². The predicted molar refractivity (Wildman–Crippen MR) is 344 cm³/mol. The zero-order valence-corrected chi connectivity index (χ0v) is 54.4. The predicted octanol–water partition coefficient (Wildman–Crippen LogP) is 21.3. The molecule has 0 aromatic heterocycles. The number of carbonyl (C=O) groups excluding carboxylic acids is 3. The molecule has 0 fully saturated rings. The van der Waals surface area contributed by atoms with Crippen LogP contribution in [-0.2, 0) is 42.2 Å². The van der Waals surface area contributed by atoms with Crippen LogP contribution in [0, 0.1) is 0 Å². The molecule has 0 aliphatic rings. The number of carbonyl (C=O) groups is 3. The van der Waals surface area contributed by atoms with Crippen molar-refractivity contribution in [1.82, 2.24) is 0 Å². The van der Waals surface area contributed by atoms with Crippen molar-refractivity contribution in [2.45, 2.75) is 354 Å². The molecule has 0 rings (SSSR count). The maximum absolute atomic E-state index is 13.0. The molecule has 0 aromatic carbocycles. The van der Waals surface area contributed by atoms with E-state index in [0.717, 1.165) is 103 Å². The van der Waals surface area contributed by atoms with Gasteiger partial charge in [-0.05, 0) is 57.8 Å². The molecule has 0 aliphatic carbocycles. The Morgan fingerprint density at radius 1 is 0.354 bits per heavy atom. The molecule has 0 heterocycles. The molecular formula is C70H129O11P. The quantitative estimate of drug-likeness (QED) is 0.0197. The van der Waals surface area contributed by atoms with Gasteiger partial charge in [-0.3, -0.25) is 23.4 Å². The Kier molecular flexibility index (Phi) is 62.4. The van der Waals surface area contributed by atoms with Gasteiger partial charge in [-0.25, -0.2) is 4.57 Å². The number of hydrogen-bond donors (Lipinski definition) is 2. The van der Waals surface area contributed by atoms with Gasteiger partial charge in [0.05, 0.1) is 19.8 Å². The van der Waals surface area contributed by atoms with Crippen molar-refractivity contribution in [3.63, 3.8) is 0 Å². The van der Waals surface area contributed by atoms with Crippen LogP contribution in [0.5, 0.6) is 0 Å². The molecule has 0 amide bonds. The number of unbranched alkanes of at least 4 members (excludes halogenated alkanes) is 40. The van der Waals surface area contributed by atoms with Gasteiger partial charge in [-0.1, -0.05) is 313 Å². The smallest absolute Gasteiger partial charge is 0.462 e. The second-order valence-electron chi connectivity index (χ2n) is 23.3. The first-order chi connectivity index (χ1) is 40.2. The highest BCUT2D eigenvalue weighted by molar-refractivity contribution is 7.47. The first-order valence-corrected chi connectivity index (χ1v) is 36.0. The van der Waals surface area contributed by atoms with Gasteiger partial charge < -0.3 is 24.2 Å². The van der Waals surface area contributed by atoms with Crippen molar-refractivity contribution in [3.8, 4) is 0 Å². The monoisotopic (exact) mass is 1180 g/mol. The van der Waals surface area contributed by atoms with Crippen molar-refractivity contribution in [1.29, 1.82) is 0 Å². The number of phosphoric acid groups is 1. The molecule has 480 valence electrons. The molecule has 12 heteroatoms. The normalized spacial score (nSPS) is 13.5. The SMILES string of the molecule is CC/C=C\C/C=C\C/C=C\C/C=C\CCCCCCCCC(=O)OC(COC(=O)CCCCCCCCCCCCCCCCCCCCC)COP(=O)(O)OCC(CO)OC(=O)CCCCCCCCCCCCCCCCCCC. The molecule has 0 aromatic rings. The van der Waals surface area contributed by atoms with Crippen LogP contribution in [0.4, 0.5) is 0 Å². The fraction of sp³-hybridized carbons (Fsp3) is 0.843. The van der Waals surface area contributed by atoms with E-state index in [1.54, 1.807) is 0 Å². The fourth-order valence-corrected chi connectivity index (χ4v) is 10.8. The summed E-state index contributed by atoms with van der Waals surface area (Å²) >= 11 is 0. The van der Waals surface area contributed by atoms with Crippen molar-refractivity contribution >= 4 is 25.7 Å². The van der Waals surface area contributed by atoms with Gasteiger partial charge in [0, 0.05) is 19.3 Å². The summed E-state index contributed by atoms with van der Waals surface area (Å²) in [6.07, 6.45) is 72.0. The Morgan fingerprint density at radius 3 is 0.976 bits per heavy atom. The number of rotatable bonds is 65. The summed E-state index contributed by atoms with van der Waals surface area (Å²) in [6.45, 7) is 4.61. The highest BCUT2D eigenvalue weighted by Crippen LogP contribution is 2.43. The maximum Gasteiger partial charge on any atom is 0.472 e. The lowest BCUT2D eigenvalue weighted by atomic mass is 10.0. The largest absolute Gasteiger partial charge is 0.472 e. The summed E-state index contributed by atoms with van der Waals surface area (Å²) in [5, 5.41) is 9.87. The molecule has 3 atom stereocenters. The molecule has 82 heavy (non-hydrogen) atoms. The Hall–Kier alpha value is -2.56. The van der Waals surface area contributed by atoms with E-state index < -0.39 is 57.8 Å². The molecule has 3 unspecified atom stereocenters. The van der Waals surface area contributed by atoms with Gasteiger partial charge in [0.2, 0.25) is 0 Å². The van der Waals surface area contributed by atoms with Gasteiger partial charge in [0.25, 0.3) is 0 Å². The lowest BCUT2D eigenvalue weighted by Crippen LogP contribution is -2.30. The first kappa shape index (κ1) is 79.4. The maximum atomic E-state index is 13.0. The van der Waals surface area contributed by atoms with E-state index in [1.807, 2.05) is 0 Å². The summed E-state index contributed by atoms with van der Waals surface area (Å²) in [6, 6.07) is 0. The zero-order chi connectivity index (χ0) is 59.8. The van der Waals surface area contributed by atoms with E-state index in [-0.39, 0.29) is 25.9 Å². The molecular weight excluding hydrogens is 1050 g/mol. The third kappa shape index (κ3) is 62.0. The summed E-state index contributed by atoms with van der Waals surface area (Å²) < 4.78 is 39.8. The molecule has 0 aliphatic heterocycles. The van der Waals surface area contributed by atoms with Crippen LogP contribution in [0.25, 0.3) is 0 Å². The molecule has 2 N–H and O–H groups in total. The van der Waals surface area contributed by atoms with E-state index in [0.29, 0.717) is 19.3 Å². The van der Waals surface area contributed by atoms with Crippen LogP contribution in [0.1, 0.15) is 342 Å². The molecule has 0 bridgehead atoms. The number of allylic oxidation sites excluding steroid dienone is 8. The summed E-state index contributed by atoms with van der Waals surface area (Å²) in [5.74, 6) is -1.45. The number of esters is 3. The number of phosphoric ester groups is 1. The zero-order valence-electron chi connectivity index (χ0n) is 53.5. The second-order valence-corrected chi connectivity index (χ2v) is 24.8. The van der Waals surface area contributed by atoms with Gasteiger partial charge in [0.1, 0.15) is 12.7 Å². The summed E-state index contributed by atoms with van der Waals surface area (Å²) in [5.41, 5.74) is 0.